The van der Waals surface area contributed by atoms with E-state index in [1.807, 2.05) is 35.2 Å². The van der Waals surface area contributed by atoms with Crippen LogP contribution in [-0.2, 0) is 73.5 Å². The number of aliphatic hydroxyl groups excluding tert-OH is 2. The number of unbranched alkanes of at least 4 members (excludes halogenated alkanes) is 1. The van der Waals surface area contributed by atoms with E-state index in [0.29, 0.717) is 51.7 Å². The highest BCUT2D eigenvalue weighted by atomic mass is 32.1. The van der Waals surface area contributed by atoms with Gasteiger partial charge < -0.3 is 89.8 Å². The van der Waals surface area contributed by atoms with Gasteiger partial charge in [-0.05, 0) is 82.2 Å². The molecule has 96 heavy (non-hydrogen) atoms. The number of nitrogens with one attached hydrogen (secondary N) is 13. The number of aliphatic hydroxyl groups is 2. The summed E-state index contributed by atoms with van der Waals surface area (Å²) in [7, 11) is 1.60. The molecule has 0 bridgehead atoms. The molecule has 2 heterocycles. The van der Waals surface area contributed by atoms with Crippen molar-refractivity contribution in [2.75, 3.05) is 46.6 Å². The molecule has 538 valence electrons. The summed E-state index contributed by atoms with van der Waals surface area (Å²) in [5, 5.41) is 55.5. The second-order valence-electron chi connectivity index (χ2n) is 24.9. The lowest BCUT2D eigenvalue weighted by Crippen LogP contribution is -2.63. The zero-order valence-electron chi connectivity index (χ0n) is 57.2. The molecule has 16 atom stereocenters. The summed E-state index contributed by atoms with van der Waals surface area (Å²) in [6.45, 7) is 15.6. The van der Waals surface area contributed by atoms with Gasteiger partial charge in [0.15, 0.2) is 0 Å². The minimum absolute atomic E-state index is 0.0721. The van der Waals surface area contributed by atoms with Gasteiger partial charge in [-0.3, -0.25) is 62.4 Å². The molecule has 2 saturated heterocycles. The van der Waals surface area contributed by atoms with Gasteiger partial charge in [0.05, 0.1) is 37.5 Å². The zero-order valence-corrected chi connectivity index (χ0v) is 58.0. The van der Waals surface area contributed by atoms with E-state index in [2.05, 4.69) is 69.1 Å². The number of nitrogens with two attached hydrogens (primary N) is 1. The van der Waals surface area contributed by atoms with Crippen molar-refractivity contribution in [2.45, 2.75) is 212 Å². The lowest BCUT2D eigenvalue weighted by Gasteiger charge is -2.31. The third kappa shape index (κ3) is 26.6. The standard InChI is InChI=1S/C64H105N15O16S/c1-12-34(5)49(75-57(87)43(66-11)29-40-21-17-16-18-22-40)60(90)72-44(31-80)58(88)71-42(24-25-46(65)82)56(86)74-51(36(7)14-3)62(92)76-50(35(6)13-2)61(91)73-45(32-81)59(89)78-53-39(10)95-64(94)52(37(8)15-4)77-55(85)41(70-54(84)38(9)69-63(53)93)23-19-20-27-67-47(83)30-79-28-26-48(96)68-33-79/h16-18,21-22,34-39,41-45,49-53,66,80-81H,12-15,19-20,23-33H2,1-11H3,(H2,65,82)(H,67,83)(H,68,96)(H,69,93)(H,70,84)(H,71,88)(H,72,90)(H,73,91)(H,74,86)(H,75,87)(H,76,92)(H,77,85)(H,78,89)/t34-,35-,36+,37-,38-,39-,41-,42+,43+,44-,45-,49-,50-,51+,52-,53+/m0/s1. The molecule has 1 aromatic carbocycles. The van der Waals surface area contributed by atoms with Crippen molar-refractivity contribution in [1.82, 2.24) is 74.0 Å². The fraction of sp³-hybridized carbons (Fsp3) is 0.688. The van der Waals surface area contributed by atoms with Crippen LogP contribution in [-0.4, -0.2) is 216 Å². The van der Waals surface area contributed by atoms with Gasteiger partial charge in [0.2, 0.25) is 70.9 Å². The highest BCUT2D eigenvalue weighted by molar-refractivity contribution is 7.80. The number of thiocarbonyl (C=S) groups is 1. The number of esters is 1. The van der Waals surface area contributed by atoms with E-state index in [4.69, 9.17) is 22.7 Å². The SMILES string of the molecule is CC[C@@H](C)[C@@H](NC(=O)[C@@H](CCC(N)=O)NC(=O)[C@H](CO)NC(=O)[C@@H](NC(=O)[C@@H](Cc1ccccc1)NC)[C@@H](C)CC)C(=O)N[C@H](C(=O)N[C@@H](CO)C(=O)N[C@H]1C(=O)N[C@@H](C)C(=O)N[C@@H](CCCCNC(=O)CN2CCC(=S)NC2)C(=O)N[C@@H]([C@@H](C)CC)C(=O)O[C@H]1C)[C@@H](C)CC. The molecule has 0 saturated carbocycles. The summed E-state index contributed by atoms with van der Waals surface area (Å²) in [5.74, 6) is -13.5. The Morgan fingerprint density at radius 3 is 1.69 bits per heavy atom. The Morgan fingerprint density at radius 1 is 0.656 bits per heavy atom. The van der Waals surface area contributed by atoms with E-state index < -0.39 is 193 Å². The molecule has 31 nitrogen and oxygen atoms in total. The van der Waals surface area contributed by atoms with Crippen LogP contribution in [0.4, 0.5) is 0 Å². The lowest BCUT2D eigenvalue weighted by molar-refractivity contribution is -0.157. The summed E-state index contributed by atoms with van der Waals surface area (Å²) in [4.78, 5) is 182. The van der Waals surface area contributed by atoms with Crippen LogP contribution in [0.15, 0.2) is 30.3 Å². The molecule has 2 aliphatic rings. The molecule has 3 rings (SSSR count). The Labute approximate surface area is 567 Å². The van der Waals surface area contributed by atoms with Gasteiger partial charge in [0.1, 0.15) is 66.5 Å². The van der Waals surface area contributed by atoms with Crippen molar-refractivity contribution < 1.29 is 77.3 Å². The number of ether oxygens (including phenoxy) is 1. The Kier molecular flexibility index (Phi) is 35.9. The monoisotopic (exact) mass is 1370 g/mol. The van der Waals surface area contributed by atoms with Gasteiger partial charge in [-0.25, -0.2) is 4.79 Å². The Hall–Kier alpha value is -7.94. The molecule has 0 aliphatic carbocycles. The number of hydrogen-bond donors (Lipinski definition) is 16. The largest absolute Gasteiger partial charge is 0.458 e. The smallest absolute Gasteiger partial charge is 0.329 e. The van der Waals surface area contributed by atoms with E-state index >= 15 is 0 Å². The molecule has 0 unspecified atom stereocenters. The molecule has 12 amide bonds. The first-order chi connectivity index (χ1) is 45.5. The number of amides is 12. The van der Waals surface area contributed by atoms with Gasteiger partial charge in [-0.2, -0.15) is 0 Å². The topological polar surface area (TPSA) is 457 Å². The van der Waals surface area contributed by atoms with Crippen LogP contribution in [0.1, 0.15) is 139 Å². The predicted octanol–water partition coefficient (Wildman–Crippen LogP) is -3.07. The second-order valence-corrected chi connectivity index (χ2v) is 25.4. The maximum absolute atomic E-state index is 14.5. The predicted molar refractivity (Wildman–Crippen MR) is 358 cm³/mol. The van der Waals surface area contributed by atoms with Crippen LogP contribution < -0.4 is 74.9 Å². The fourth-order valence-electron chi connectivity index (χ4n) is 10.3. The molecule has 0 aromatic heterocycles. The molecule has 1 aromatic rings. The average molecular weight is 1370 g/mol. The van der Waals surface area contributed by atoms with Crippen molar-refractivity contribution in [3.05, 3.63) is 35.9 Å². The van der Waals surface area contributed by atoms with Gasteiger partial charge >= 0.3 is 5.97 Å². The normalized spacial score (nSPS) is 21.4. The molecule has 0 spiro atoms. The maximum atomic E-state index is 14.5. The van der Waals surface area contributed by atoms with Crippen molar-refractivity contribution in [1.29, 1.82) is 0 Å². The van der Waals surface area contributed by atoms with E-state index in [-0.39, 0.29) is 38.3 Å². The summed E-state index contributed by atoms with van der Waals surface area (Å²) < 4.78 is 5.77. The molecule has 0 radical (unpaired) electrons. The number of likely N-dealkylation sites (N-methyl/N-ethyl adjacent to an activating group) is 1. The molecular weight excluding hydrogens is 1270 g/mol. The quantitative estimate of drug-likeness (QED) is 0.0179. The lowest BCUT2D eigenvalue weighted by atomic mass is 9.94. The summed E-state index contributed by atoms with van der Waals surface area (Å²) in [5.41, 5.74) is 6.32. The first kappa shape index (κ1) is 82.3. The molecule has 32 heteroatoms. The second kappa shape index (κ2) is 41.9. The molecular formula is C64H105N15O16S. The number of cyclic esters (lactones) is 1. The van der Waals surface area contributed by atoms with Gasteiger partial charge in [0.25, 0.3) is 0 Å². The minimum Gasteiger partial charge on any atom is -0.458 e. The highest BCUT2D eigenvalue weighted by Gasteiger charge is 2.41. The van der Waals surface area contributed by atoms with Gasteiger partial charge in [-0.15, -0.1) is 0 Å². The third-order valence-corrected chi connectivity index (χ3v) is 17.9. The number of nitrogens with zero attached hydrogens (tertiary/aromatic N) is 1. The van der Waals surface area contributed by atoms with Crippen LogP contribution in [0.2, 0.25) is 0 Å². The number of hydrogen-bond acceptors (Lipinski definition) is 19. The van der Waals surface area contributed by atoms with Crippen LogP contribution in [0.3, 0.4) is 0 Å². The molecule has 2 aliphatic heterocycles. The van der Waals surface area contributed by atoms with Crippen LogP contribution in [0.5, 0.6) is 0 Å². The zero-order chi connectivity index (χ0) is 71.9. The maximum Gasteiger partial charge on any atom is 0.329 e. The molecule has 17 N–H and O–H groups in total. The van der Waals surface area contributed by atoms with Gasteiger partial charge in [0, 0.05) is 25.9 Å². The van der Waals surface area contributed by atoms with E-state index in [9.17, 15) is 72.5 Å². The van der Waals surface area contributed by atoms with Crippen molar-refractivity contribution >= 4 is 94.1 Å². The Balaban J connectivity index is 1.81. The van der Waals surface area contributed by atoms with Gasteiger partial charge in [-0.1, -0.05) is 124 Å². The number of benzene rings is 1. The van der Waals surface area contributed by atoms with Crippen molar-refractivity contribution in [2.24, 2.45) is 29.4 Å². The van der Waals surface area contributed by atoms with E-state index in [1.54, 1.807) is 62.4 Å². The Morgan fingerprint density at radius 2 is 1.18 bits per heavy atom. The Bertz CT molecular complexity index is 2810. The number of rotatable bonds is 37. The van der Waals surface area contributed by atoms with Crippen LogP contribution in [0.25, 0.3) is 0 Å². The highest BCUT2D eigenvalue weighted by Crippen LogP contribution is 2.18. The average Bonchev–Trinajstić information content (AvgIpc) is 1.41. The summed E-state index contributed by atoms with van der Waals surface area (Å²) in [6, 6.07) is -6.44. The number of primary amides is 1. The van der Waals surface area contributed by atoms with E-state index in [1.165, 1.54) is 13.8 Å². The summed E-state index contributed by atoms with van der Waals surface area (Å²) in [6.07, 6.45) is 0.681. The molecule has 2 fully saturated rings. The first-order valence-electron chi connectivity index (χ1n) is 33.2. The van der Waals surface area contributed by atoms with Crippen molar-refractivity contribution in [3.63, 3.8) is 0 Å². The van der Waals surface area contributed by atoms with Crippen LogP contribution in [0, 0.1) is 23.7 Å². The number of carbonyl (C=O) groups is 13. The summed E-state index contributed by atoms with van der Waals surface area (Å²) >= 11 is 5.16. The number of carbonyl (C=O) groups excluding carboxylic acids is 13. The van der Waals surface area contributed by atoms with Crippen LogP contribution >= 0.6 is 12.2 Å². The first-order valence-corrected chi connectivity index (χ1v) is 33.6. The van der Waals surface area contributed by atoms with Crippen molar-refractivity contribution in [3.8, 4) is 0 Å². The van der Waals surface area contributed by atoms with E-state index in [0.717, 1.165) is 10.6 Å². The third-order valence-electron chi connectivity index (χ3n) is 17.5. The minimum atomic E-state index is -1.84. The fourth-order valence-corrected chi connectivity index (χ4v) is 10.5.